The Labute approximate surface area is 128 Å². The van der Waals surface area contributed by atoms with E-state index in [1.54, 1.807) is 7.11 Å². The Morgan fingerprint density at radius 3 is 2.95 bits per heavy atom. The largest absolute Gasteiger partial charge is 0.383 e. The summed E-state index contributed by atoms with van der Waals surface area (Å²) in [6.07, 6.45) is 0. The number of nitrogens with one attached hydrogen (secondary N) is 1. The van der Waals surface area contributed by atoms with Crippen LogP contribution >= 0.6 is 24.0 Å². The zero-order chi connectivity index (χ0) is 13.4. The highest BCUT2D eigenvalue weighted by molar-refractivity contribution is 14.0. The van der Waals surface area contributed by atoms with Crippen molar-refractivity contribution in [1.82, 2.24) is 5.32 Å². The number of rotatable bonds is 5. The first-order valence-corrected chi connectivity index (χ1v) is 5.38. The lowest BCUT2D eigenvalue weighted by Crippen LogP contribution is -2.34. The van der Waals surface area contributed by atoms with Gasteiger partial charge in [-0.15, -0.1) is 24.0 Å². The molecule has 5 nitrogen and oxygen atoms in total. The molecule has 0 aromatic heterocycles. The molecular weight excluding hydrogens is 362 g/mol. The molecule has 0 atom stereocenters. The normalized spacial score (nSPS) is 10.5. The fourth-order valence-corrected chi connectivity index (χ4v) is 1.27. The summed E-state index contributed by atoms with van der Waals surface area (Å²) >= 11 is 0. The third-order valence-corrected chi connectivity index (χ3v) is 2.21. The number of hydrogen-bond acceptors (Lipinski definition) is 3. The van der Waals surface area contributed by atoms with Gasteiger partial charge in [-0.1, -0.05) is 0 Å². The highest BCUT2D eigenvalue weighted by Gasteiger charge is 2.03. The Morgan fingerprint density at radius 1 is 1.58 bits per heavy atom. The van der Waals surface area contributed by atoms with Gasteiger partial charge < -0.3 is 15.8 Å². The predicted molar refractivity (Wildman–Crippen MR) is 81.7 cm³/mol. The van der Waals surface area contributed by atoms with Crippen LogP contribution in [-0.2, 0) is 11.3 Å². The van der Waals surface area contributed by atoms with Crippen LogP contribution in [-0.4, -0.2) is 26.2 Å². The Balaban J connectivity index is 0.00000324. The lowest BCUT2D eigenvalue weighted by atomic mass is 10.1. The Kier molecular flexibility index (Phi) is 8.82. The van der Waals surface area contributed by atoms with Gasteiger partial charge in [-0.3, -0.25) is 0 Å². The maximum Gasteiger partial charge on any atom is 0.189 e. The molecule has 0 aliphatic heterocycles. The summed E-state index contributed by atoms with van der Waals surface area (Å²) in [5.74, 6) is -0.184. The smallest absolute Gasteiger partial charge is 0.189 e. The molecule has 0 fully saturated rings. The maximum atomic E-state index is 13.4. The van der Waals surface area contributed by atoms with Crippen molar-refractivity contribution in [1.29, 1.82) is 5.26 Å². The van der Waals surface area contributed by atoms with E-state index in [-0.39, 0.29) is 36.5 Å². The second kappa shape index (κ2) is 9.52. The molecule has 3 N–H and O–H groups in total. The van der Waals surface area contributed by atoms with E-state index in [0.717, 1.165) is 0 Å². The van der Waals surface area contributed by atoms with E-state index in [9.17, 15) is 4.39 Å². The number of ether oxygens (including phenoxy) is 1. The minimum absolute atomic E-state index is 0. The van der Waals surface area contributed by atoms with Gasteiger partial charge in [0.2, 0.25) is 0 Å². The summed E-state index contributed by atoms with van der Waals surface area (Å²) in [5, 5.41) is 11.5. The van der Waals surface area contributed by atoms with Crippen LogP contribution in [0.2, 0.25) is 0 Å². The van der Waals surface area contributed by atoms with E-state index in [1.165, 1.54) is 18.2 Å². The molecule has 1 aromatic carbocycles. The van der Waals surface area contributed by atoms with Crippen LogP contribution in [0, 0.1) is 17.1 Å². The SMILES string of the molecule is COCCNC(N)=NCc1cc(C#N)ccc1F.I. The number of guanidine groups is 1. The molecule has 19 heavy (non-hydrogen) atoms. The topological polar surface area (TPSA) is 83.4 Å². The summed E-state index contributed by atoms with van der Waals surface area (Å²) in [6.45, 7) is 1.13. The van der Waals surface area contributed by atoms with Crippen LogP contribution < -0.4 is 11.1 Å². The number of benzene rings is 1. The zero-order valence-corrected chi connectivity index (χ0v) is 12.8. The van der Waals surface area contributed by atoms with E-state index in [2.05, 4.69) is 10.3 Å². The van der Waals surface area contributed by atoms with Gasteiger partial charge in [-0.2, -0.15) is 5.26 Å². The molecular formula is C12H16FIN4O. The van der Waals surface area contributed by atoms with E-state index in [0.29, 0.717) is 24.3 Å². The molecule has 0 saturated carbocycles. The van der Waals surface area contributed by atoms with Gasteiger partial charge in [0.25, 0.3) is 0 Å². The van der Waals surface area contributed by atoms with Gasteiger partial charge in [0.05, 0.1) is 24.8 Å². The van der Waals surface area contributed by atoms with Crippen LogP contribution in [0.4, 0.5) is 4.39 Å². The molecule has 0 aliphatic rings. The number of hydrogen-bond donors (Lipinski definition) is 2. The predicted octanol–water partition coefficient (Wildman–Crippen LogP) is 1.37. The van der Waals surface area contributed by atoms with E-state index < -0.39 is 5.82 Å². The highest BCUT2D eigenvalue weighted by Crippen LogP contribution is 2.10. The van der Waals surface area contributed by atoms with E-state index >= 15 is 0 Å². The van der Waals surface area contributed by atoms with E-state index in [1.807, 2.05) is 6.07 Å². The van der Waals surface area contributed by atoms with E-state index in [4.69, 9.17) is 15.7 Å². The molecule has 0 amide bonds. The Bertz CT molecular complexity index is 473. The number of methoxy groups -OCH3 is 1. The number of nitrogens with zero attached hydrogens (tertiary/aromatic N) is 2. The molecule has 0 spiro atoms. The lowest BCUT2D eigenvalue weighted by molar-refractivity contribution is 0.204. The monoisotopic (exact) mass is 378 g/mol. The van der Waals surface area contributed by atoms with Crippen molar-refractivity contribution < 1.29 is 9.13 Å². The van der Waals surface area contributed by atoms with Gasteiger partial charge in [0.15, 0.2) is 5.96 Å². The molecule has 1 rings (SSSR count). The number of aliphatic imine (C=N–C) groups is 1. The quantitative estimate of drug-likeness (QED) is 0.351. The van der Waals surface area contributed by atoms with Crippen molar-refractivity contribution in [2.45, 2.75) is 6.54 Å². The first-order valence-electron chi connectivity index (χ1n) is 5.38. The van der Waals surface area contributed by atoms with Crippen molar-refractivity contribution in [2.24, 2.45) is 10.7 Å². The van der Waals surface area contributed by atoms with Gasteiger partial charge in [-0.05, 0) is 18.2 Å². The first-order chi connectivity index (χ1) is 8.67. The summed E-state index contributed by atoms with van der Waals surface area (Å²) in [4.78, 5) is 3.98. The van der Waals surface area contributed by atoms with Gasteiger partial charge in [0.1, 0.15) is 5.82 Å². The minimum atomic E-state index is -0.401. The lowest BCUT2D eigenvalue weighted by Gasteiger charge is -2.05. The van der Waals surface area contributed by atoms with Crippen LogP contribution in [0.25, 0.3) is 0 Å². The molecule has 0 aliphatic carbocycles. The maximum absolute atomic E-state index is 13.4. The highest BCUT2D eigenvalue weighted by atomic mass is 127. The van der Waals surface area contributed by atoms with Crippen LogP contribution in [0.3, 0.4) is 0 Å². The summed E-state index contributed by atoms with van der Waals surface area (Å²) in [7, 11) is 1.58. The van der Waals surface area contributed by atoms with Crippen LogP contribution in [0.1, 0.15) is 11.1 Å². The average Bonchev–Trinajstić information content (AvgIpc) is 2.38. The molecule has 7 heteroatoms. The van der Waals surface area contributed by atoms with Gasteiger partial charge in [-0.25, -0.2) is 9.38 Å². The van der Waals surface area contributed by atoms with Crippen molar-refractivity contribution >= 4 is 29.9 Å². The van der Waals surface area contributed by atoms with Crippen molar-refractivity contribution in [2.75, 3.05) is 20.3 Å². The number of halogens is 2. The standard InChI is InChI=1S/C12H15FN4O.HI/c1-18-5-4-16-12(15)17-8-10-6-9(7-14)2-3-11(10)13;/h2-3,6H,4-5,8H2,1H3,(H3,15,16,17);1H. The van der Waals surface area contributed by atoms with Gasteiger partial charge >= 0.3 is 0 Å². The molecule has 0 heterocycles. The zero-order valence-electron chi connectivity index (χ0n) is 10.5. The molecule has 1 aromatic rings. The molecule has 0 unspecified atom stereocenters. The fourth-order valence-electron chi connectivity index (χ4n) is 1.27. The van der Waals surface area contributed by atoms with Crippen LogP contribution in [0.15, 0.2) is 23.2 Å². The summed E-state index contributed by atoms with van der Waals surface area (Å²) < 4.78 is 18.2. The Hall–Kier alpha value is -1.40. The molecule has 0 radical (unpaired) electrons. The molecule has 0 bridgehead atoms. The summed E-state index contributed by atoms with van der Waals surface area (Å²) in [5.41, 5.74) is 6.31. The fraction of sp³-hybridized carbons (Fsp3) is 0.333. The molecule has 0 saturated heterocycles. The first kappa shape index (κ1) is 17.6. The molecule has 104 valence electrons. The average molecular weight is 378 g/mol. The number of nitrogens with two attached hydrogens (primary N) is 1. The second-order valence-electron chi connectivity index (χ2n) is 3.54. The number of nitriles is 1. The minimum Gasteiger partial charge on any atom is -0.383 e. The van der Waals surface area contributed by atoms with Crippen molar-refractivity contribution in [3.63, 3.8) is 0 Å². The van der Waals surface area contributed by atoms with Gasteiger partial charge in [0, 0.05) is 19.2 Å². The van der Waals surface area contributed by atoms with Crippen molar-refractivity contribution in [3.05, 3.63) is 35.1 Å². The van der Waals surface area contributed by atoms with Crippen LogP contribution in [0.5, 0.6) is 0 Å². The Morgan fingerprint density at radius 2 is 2.32 bits per heavy atom. The van der Waals surface area contributed by atoms with Crippen molar-refractivity contribution in [3.8, 4) is 6.07 Å². The summed E-state index contributed by atoms with van der Waals surface area (Å²) in [6, 6.07) is 6.07. The second-order valence-corrected chi connectivity index (χ2v) is 3.54. The third kappa shape index (κ3) is 6.35. The third-order valence-electron chi connectivity index (χ3n) is 2.21.